The first kappa shape index (κ1) is 10.8. The number of aromatic nitrogens is 2. The van der Waals surface area contributed by atoms with Crippen molar-refractivity contribution in [3.63, 3.8) is 0 Å². The summed E-state index contributed by atoms with van der Waals surface area (Å²) in [5.74, 6) is 0.528. The molecule has 1 aromatic heterocycles. The van der Waals surface area contributed by atoms with E-state index in [1.165, 1.54) is 12.1 Å². The second-order valence-corrected chi connectivity index (χ2v) is 4.22. The van der Waals surface area contributed by atoms with E-state index in [1.807, 2.05) is 29.8 Å². The molecule has 0 aliphatic carbocycles. The maximum atomic E-state index is 12.9. The Morgan fingerprint density at radius 2 is 1.83 bits per heavy atom. The highest BCUT2D eigenvalue weighted by atomic mass is 19.1. The zero-order valence-electron chi connectivity index (χ0n) is 9.89. The molecule has 0 unspecified atom stereocenters. The number of halogens is 1. The summed E-state index contributed by atoms with van der Waals surface area (Å²) in [7, 11) is 1.92. The monoisotopic (exact) mass is 241 g/mol. The number of nitrogens with zero attached hydrogens (tertiary/aromatic N) is 2. The van der Waals surface area contributed by atoms with Gasteiger partial charge in [0.1, 0.15) is 17.2 Å². The SMILES string of the molecule is Cn1c(-c2ccc(F)cc2)nc2c(N)cccc21. The summed E-state index contributed by atoms with van der Waals surface area (Å²) in [6.07, 6.45) is 0. The van der Waals surface area contributed by atoms with Crippen LogP contribution in [-0.4, -0.2) is 9.55 Å². The first-order chi connectivity index (χ1) is 8.66. The number of nitrogens with two attached hydrogens (primary N) is 1. The summed E-state index contributed by atoms with van der Waals surface area (Å²) in [5, 5.41) is 0. The molecule has 0 radical (unpaired) electrons. The van der Waals surface area contributed by atoms with Crippen molar-refractivity contribution in [3.8, 4) is 11.4 Å². The summed E-state index contributed by atoms with van der Waals surface area (Å²) in [4.78, 5) is 4.53. The summed E-state index contributed by atoms with van der Waals surface area (Å²) in [6, 6.07) is 12.0. The Hall–Kier alpha value is -2.36. The highest BCUT2D eigenvalue weighted by molar-refractivity contribution is 5.90. The van der Waals surface area contributed by atoms with Crippen molar-refractivity contribution in [3.05, 3.63) is 48.3 Å². The van der Waals surface area contributed by atoms with Gasteiger partial charge in [-0.1, -0.05) is 6.07 Å². The molecule has 0 aliphatic rings. The Balaban J connectivity index is 2.27. The Morgan fingerprint density at radius 3 is 2.50 bits per heavy atom. The van der Waals surface area contributed by atoms with Gasteiger partial charge < -0.3 is 10.3 Å². The number of nitrogen functional groups attached to an aromatic ring is 1. The van der Waals surface area contributed by atoms with Crippen LogP contribution in [0.3, 0.4) is 0 Å². The minimum Gasteiger partial charge on any atom is -0.397 e. The summed E-state index contributed by atoms with van der Waals surface area (Å²) in [6.45, 7) is 0. The predicted molar refractivity (Wildman–Crippen MR) is 70.5 cm³/mol. The molecule has 3 aromatic rings. The van der Waals surface area contributed by atoms with Crippen molar-refractivity contribution < 1.29 is 4.39 Å². The average Bonchev–Trinajstić information content (AvgIpc) is 2.70. The molecule has 0 saturated carbocycles. The quantitative estimate of drug-likeness (QED) is 0.666. The van der Waals surface area contributed by atoms with E-state index in [9.17, 15) is 4.39 Å². The highest BCUT2D eigenvalue weighted by Crippen LogP contribution is 2.26. The van der Waals surface area contributed by atoms with Crippen molar-refractivity contribution in [1.82, 2.24) is 9.55 Å². The number of hydrogen-bond donors (Lipinski definition) is 1. The molecular weight excluding hydrogens is 229 g/mol. The van der Waals surface area contributed by atoms with Gasteiger partial charge in [0.25, 0.3) is 0 Å². The van der Waals surface area contributed by atoms with Crippen LogP contribution in [0.4, 0.5) is 10.1 Å². The minimum absolute atomic E-state index is 0.253. The lowest BCUT2D eigenvalue weighted by Crippen LogP contribution is -1.92. The van der Waals surface area contributed by atoms with E-state index in [-0.39, 0.29) is 5.82 Å². The van der Waals surface area contributed by atoms with E-state index in [2.05, 4.69) is 4.98 Å². The van der Waals surface area contributed by atoms with Crippen LogP contribution in [0.1, 0.15) is 0 Å². The fraction of sp³-hybridized carbons (Fsp3) is 0.0714. The maximum Gasteiger partial charge on any atom is 0.140 e. The predicted octanol–water partition coefficient (Wildman–Crippen LogP) is 2.96. The molecule has 18 heavy (non-hydrogen) atoms. The highest BCUT2D eigenvalue weighted by Gasteiger charge is 2.11. The number of rotatable bonds is 1. The third kappa shape index (κ3) is 1.54. The smallest absolute Gasteiger partial charge is 0.140 e. The largest absolute Gasteiger partial charge is 0.397 e. The van der Waals surface area contributed by atoms with Crippen LogP contribution in [0.25, 0.3) is 22.4 Å². The second-order valence-electron chi connectivity index (χ2n) is 4.22. The molecule has 0 spiro atoms. The standard InChI is InChI=1S/C14H12FN3/c1-18-12-4-2-3-11(16)13(12)17-14(18)9-5-7-10(15)8-6-9/h2-8H,16H2,1H3. The molecule has 0 amide bonds. The number of para-hydroxylation sites is 1. The Bertz CT molecular complexity index is 714. The molecule has 0 fully saturated rings. The van der Waals surface area contributed by atoms with Crippen molar-refractivity contribution in [2.45, 2.75) is 0 Å². The molecule has 1 heterocycles. The number of aryl methyl sites for hydroxylation is 1. The van der Waals surface area contributed by atoms with Crippen LogP contribution in [0, 0.1) is 5.82 Å². The Labute approximate surface area is 104 Å². The fourth-order valence-electron chi connectivity index (χ4n) is 2.09. The van der Waals surface area contributed by atoms with Gasteiger partial charge >= 0.3 is 0 Å². The third-order valence-electron chi connectivity index (χ3n) is 3.05. The van der Waals surface area contributed by atoms with E-state index >= 15 is 0 Å². The molecule has 90 valence electrons. The molecule has 3 rings (SSSR count). The molecule has 0 atom stereocenters. The molecule has 2 N–H and O–H groups in total. The summed E-state index contributed by atoms with van der Waals surface area (Å²) >= 11 is 0. The van der Waals surface area contributed by atoms with Crippen molar-refractivity contribution in [1.29, 1.82) is 0 Å². The van der Waals surface area contributed by atoms with Crippen molar-refractivity contribution >= 4 is 16.7 Å². The minimum atomic E-state index is -0.253. The third-order valence-corrected chi connectivity index (χ3v) is 3.05. The molecule has 0 saturated heterocycles. The van der Waals surface area contributed by atoms with E-state index in [4.69, 9.17) is 5.73 Å². The van der Waals surface area contributed by atoms with Crippen LogP contribution in [0.15, 0.2) is 42.5 Å². The Kier molecular flexibility index (Phi) is 2.30. The lowest BCUT2D eigenvalue weighted by molar-refractivity contribution is 0.628. The van der Waals surface area contributed by atoms with Crippen LogP contribution < -0.4 is 5.73 Å². The van der Waals surface area contributed by atoms with E-state index < -0.39 is 0 Å². The summed E-state index contributed by atoms with van der Waals surface area (Å²) in [5.41, 5.74) is 9.17. The number of anilines is 1. The number of imidazole rings is 1. The van der Waals surface area contributed by atoms with Crippen molar-refractivity contribution in [2.75, 3.05) is 5.73 Å². The van der Waals surface area contributed by atoms with Gasteiger partial charge in [0.05, 0.1) is 11.2 Å². The molecular formula is C14H12FN3. The molecule has 0 aliphatic heterocycles. The van der Waals surface area contributed by atoms with Gasteiger partial charge in [-0.25, -0.2) is 9.37 Å². The van der Waals surface area contributed by atoms with Crippen LogP contribution in [0.5, 0.6) is 0 Å². The normalized spacial score (nSPS) is 11.0. The van der Waals surface area contributed by atoms with Gasteiger partial charge in [-0.2, -0.15) is 0 Å². The average molecular weight is 241 g/mol. The molecule has 2 aromatic carbocycles. The number of fused-ring (bicyclic) bond motifs is 1. The fourth-order valence-corrected chi connectivity index (χ4v) is 2.09. The molecule has 3 nitrogen and oxygen atoms in total. The van der Waals surface area contributed by atoms with E-state index in [0.29, 0.717) is 5.69 Å². The zero-order chi connectivity index (χ0) is 12.7. The van der Waals surface area contributed by atoms with E-state index in [1.54, 1.807) is 12.1 Å². The van der Waals surface area contributed by atoms with Crippen molar-refractivity contribution in [2.24, 2.45) is 7.05 Å². The first-order valence-electron chi connectivity index (χ1n) is 5.63. The maximum absolute atomic E-state index is 12.9. The van der Waals surface area contributed by atoms with Crippen LogP contribution in [0.2, 0.25) is 0 Å². The number of hydrogen-bond acceptors (Lipinski definition) is 2. The molecule has 0 bridgehead atoms. The van der Waals surface area contributed by atoms with Crippen LogP contribution >= 0.6 is 0 Å². The van der Waals surface area contributed by atoms with Gasteiger partial charge in [0.15, 0.2) is 0 Å². The topological polar surface area (TPSA) is 43.8 Å². The van der Waals surface area contributed by atoms with E-state index in [0.717, 1.165) is 22.4 Å². The zero-order valence-corrected chi connectivity index (χ0v) is 9.89. The summed E-state index contributed by atoms with van der Waals surface area (Å²) < 4.78 is 14.9. The Morgan fingerprint density at radius 1 is 1.11 bits per heavy atom. The number of benzene rings is 2. The van der Waals surface area contributed by atoms with Gasteiger partial charge in [-0.3, -0.25) is 0 Å². The van der Waals surface area contributed by atoms with Gasteiger partial charge in [0.2, 0.25) is 0 Å². The van der Waals surface area contributed by atoms with Gasteiger partial charge in [-0.05, 0) is 36.4 Å². The lowest BCUT2D eigenvalue weighted by Gasteiger charge is -2.02. The first-order valence-corrected chi connectivity index (χ1v) is 5.63. The second kappa shape index (κ2) is 3.84. The lowest BCUT2D eigenvalue weighted by atomic mass is 10.2. The van der Waals surface area contributed by atoms with Crippen LogP contribution in [-0.2, 0) is 7.05 Å². The van der Waals surface area contributed by atoms with Gasteiger partial charge in [0, 0.05) is 12.6 Å². The molecule has 4 heteroatoms. The van der Waals surface area contributed by atoms with Gasteiger partial charge in [-0.15, -0.1) is 0 Å².